The molecule has 1 saturated heterocycles. The van der Waals surface area contributed by atoms with Crippen LogP contribution in [0.3, 0.4) is 0 Å². The highest BCUT2D eigenvalue weighted by Gasteiger charge is 2.39. The predicted octanol–water partition coefficient (Wildman–Crippen LogP) is 3.31. The Hall–Kier alpha value is -1.84. The van der Waals surface area contributed by atoms with Crippen LogP contribution in [0.1, 0.15) is 56.5 Å². The fourth-order valence-electron chi connectivity index (χ4n) is 2.88. The van der Waals surface area contributed by atoms with Crippen LogP contribution in [-0.2, 0) is 10.2 Å². The molecule has 4 nitrogen and oxygen atoms in total. The standard InChI is InChI=1S/C18H25NO3/c1-17(2,3)14-8-6-13(7-9-14)15(20)19-11-5-10-18(4,12-19)16(21)22/h6-9H,5,10-12H2,1-4H3,(H,21,22). The maximum Gasteiger partial charge on any atom is 0.311 e. The molecule has 0 aliphatic carbocycles. The van der Waals surface area contributed by atoms with Crippen LogP contribution >= 0.6 is 0 Å². The molecule has 0 radical (unpaired) electrons. The van der Waals surface area contributed by atoms with E-state index in [1.54, 1.807) is 11.8 Å². The number of nitrogens with zero attached hydrogens (tertiary/aromatic N) is 1. The molecule has 0 aromatic heterocycles. The Morgan fingerprint density at radius 2 is 1.77 bits per heavy atom. The predicted molar refractivity (Wildman–Crippen MR) is 86.0 cm³/mol. The first-order valence-electron chi connectivity index (χ1n) is 7.77. The number of hydrogen-bond acceptors (Lipinski definition) is 2. The molecule has 1 aromatic carbocycles. The van der Waals surface area contributed by atoms with Crippen molar-refractivity contribution in [2.75, 3.05) is 13.1 Å². The van der Waals surface area contributed by atoms with Gasteiger partial charge in [0.1, 0.15) is 0 Å². The number of carbonyl (C=O) groups excluding carboxylic acids is 1. The Balaban J connectivity index is 2.16. The molecular weight excluding hydrogens is 278 g/mol. The Morgan fingerprint density at radius 1 is 1.18 bits per heavy atom. The molecule has 0 spiro atoms. The molecular formula is C18H25NO3. The maximum atomic E-state index is 12.6. The van der Waals surface area contributed by atoms with Gasteiger partial charge in [0, 0.05) is 18.7 Å². The van der Waals surface area contributed by atoms with Gasteiger partial charge in [-0.25, -0.2) is 0 Å². The number of piperidine rings is 1. The minimum absolute atomic E-state index is 0.0502. The lowest BCUT2D eigenvalue weighted by molar-refractivity contribution is -0.150. The highest BCUT2D eigenvalue weighted by Crippen LogP contribution is 2.30. The summed E-state index contributed by atoms with van der Waals surface area (Å²) in [6.07, 6.45) is 1.35. The molecule has 0 saturated carbocycles. The number of carbonyl (C=O) groups is 2. The van der Waals surface area contributed by atoms with Crippen molar-refractivity contribution in [3.63, 3.8) is 0 Å². The maximum absolute atomic E-state index is 12.6. The van der Waals surface area contributed by atoms with E-state index in [2.05, 4.69) is 20.8 Å². The van der Waals surface area contributed by atoms with E-state index >= 15 is 0 Å². The number of rotatable bonds is 2. The minimum Gasteiger partial charge on any atom is -0.481 e. The summed E-state index contributed by atoms with van der Waals surface area (Å²) < 4.78 is 0. The first-order chi connectivity index (χ1) is 10.1. The molecule has 22 heavy (non-hydrogen) atoms. The van der Waals surface area contributed by atoms with Gasteiger partial charge in [0.05, 0.1) is 5.41 Å². The zero-order chi connectivity index (χ0) is 16.5. The quantitative estimate of drug-likeness (QED) is 0.912. The van der Waals surface area contributed by atoms with E-state index in [1.165, 1.54) is 5.56 Å². The van der Waals surface area contributed by atoms with E-state index in [-0.39, 0.29) is 17.9 Å². The molecule has 1 aromatic rings. The molecule has 120 valence electrons. The van der Waals surface area contributed by atoms with Gasteiger partial charge in [0.25, 0.3) is 5.91 Å². The van der Waals surface area contributed by atoms with Gasteiger partial charge >= 0.3 is 5.97 Å². The van der Waals surface area contributed by atoms with Gasteiger partial charge in [0.15, 0.2) is 0 Å². The van der Waals surface area contributed by atoms with Gasteiger partial charge in [0.2, 0.25) is 0 Å². The van der Waals surface area contributed by atoms with Gasteiger partial charge < -0.3 is 10.0 Å². The van der Waals surface area contributed by atoms with E-state index in [4.69, 9.17) is 0 Å². The van der Waals surface area contributed by atoms with E-state index < -0.39 is 11.4 Å². The molecule has 2 rings (SSSR count). The summed E-state index contributed by atoms with van der Waals surface area (Å²) in [5.41, 5.74) is 1.02. The third-order valence-corrected chi connectivity index (χ3v) is 4.50. The van der Waals surface area contributed by atoms with E-state index in [0.717, 1.165) is 6.42 Å². The Bertz CT molecular complexity index is 571. The first-order valence-corrected chi connectivity index (χ1v) is 7.77. The number of likely N-dealkylation sites (tertiary alicyclic amines) is 1. The molecule has 1 heterocycles. The second-order valence-corrected chi connectivity index (χ2v) is 7.52. The number of aliphatic carboxylic acids is 1. The summed E-state index contributed by atoms with van der Waals surface area (Å²) in [5, 5.41) is 9.36. The molecule has 1 aliphatic rings. The van der Waals surface area contributed by atoms with Crippen molar-refractivity contribution in [3.8, 4) is 0 Å². The Kier molecular flexibility index (Phi) is 4.32. The smallest absolute Gasteiger partial charge is 0.311 e. The molecule has 4 heteroatoms. The van der Waals surface area contributed by atoms with Crippen LogP contribution in [0.2, 0.25) is 0 Å². The molecule has 0 bridgehead atoms. The van der Waals surface area contributed by atoms with Gasteiger partial charge in [-0.1, -0.05) is 32.9 Å². The van der Waals surface area contributed by atoms with E-state index in [1.807, 2.05) is 24.3 Å². The molecule has 1 atom stereocenters. The normalized spacial score (nSPS) is 22.5. The van der Waals surface area contributed by atoms with Crippen LogP contribution in [0.15, 0.2) is 24.3 Å². The SMILES string of the molecule is CC1(C(=O)O)CCCN(C(=O)c2ccc(C(C)(C)C)cc2)C1. The van der Waals surface area contributed by atoms with Crippen molar-refractivity contribution in [1.82, 2.24) is 4.90 Å². The molecule has 1 unspecified atom stereocenters. The minimum atomic E-state index is -0.834. The van der Waals surface area contributed by atoms with Crippen molar-refractivity contribution in [2.45, 2.75) is 46.0 Å². The van der Waals surface area contributed by atoms with Gasteiger partial charge in [-0.3, -0.25) is 9.59 Å². The fraction of sp³-hybridized carbons (Fsp3) is 0.556. The van der Waals surface area contributed by atoms with Crippen molar-refractivity contribution in [1.29, 1.82) is 0 Å². The average molecular weight is 303 g/mol. The monoisotopic (exact) mass is 303 g/mol. The lowest BCUT2D eigenvalue weighted by atomic mass is 9.81. The topological polar surface area (TPSA) is 57.6 Å². The van der Waals surface area contributed by atoms with Crippen molar-refractivity contribution in [2.24, 2.45) is 5.41 Å². The lowest BCUT2D eigenvalue weighted by Gasteiger charge is -2.37. The zero-order valence-electron chi connectivity index (χ0n) is 13.8. The van der Waals surface area contributed by atoms with Gasteiger partial charge in [-0.05, 0) is 42.9 Å². The lowest BCUT2D eigenvalue weighted by Crippen LogP contribution is -2.48. The highest BCUT2D eigenvalue weighted by atomic mass is 16.4. The van der Waals surface area contributed by atoms with Gasteiger partial charge in [-0.2, -0.15) is 0 Å². The number of benzene rings is 1. The second kappa shape index (κ2) is 5.75. The summed E-state index contributed by atoms with van der Waals surface area (Å²) in [7, 11) is 0. The number of carboxylic acids is 1. The van der Waals surface area contributed by atoms with E-state index in [9.17, 15) is 14.7 Å². The van der Waals surface area contributed by atoms with Crippen LogP contribution in [0.25, 0.3) is 0 Å². The fourth-order valence-corrected chi connectivity index (χ4v) is 2.88. The highest BCUT2D eigenvalue weighted by molar-refractivity contribution is 5.94. The first kappa shape index (κ1) is 16.5. The second-order valence-electron chi connectivity index (χ2n) is 7.52. The van der Waals surface area contributed by atoms with Crippen LogP contribution in [0.5, 0.6) is 0 Å². The van der Waals surface area contributed by atoms with Crippen molar-refractivity contribution >= 4 is 11.9 Å². The van der Waals surface area contributed by atoms with Crippen LogP contribution in [0.4, 0.5) is 0 Å². The average Bonchev–Trinajstić information content (AvgIpc) is 2.45. The number of amides is 1. The van der Waals surface area contributed by atoms with Crippen LogP contribution in [-0.4, -0.2) is 35.0 Å². The largest absolute Gasteiger partial charge is 0.481 e. The summed E-state index contributed by atoms with van der Waals surface area (Å²) in [5.74, 6) is -0.902. The third kappa shape index (κ3) is 3.32. The number of hydrogen-bond donors (Lipinski definition) is 1. The van der Waals surface area contributed by atoms with Crippen molar-refractivity contribution in [3.05, 3.63) is 35.4 Å². The zero-order valence-corrected chi connectivity index (χ0v) is 13.8. The molecule has 1 fully saturated rings. The summed E-state index contributed by atoms with van der Waals surface area (Å²) in [6.45, 7) is 9.02. The molecule has 1 N–H and O–H groups in total. The van der Waals surface area contributed by atoms with Crippen molar-refractivity contribution < 1.29 is 14.7 Å². The van der Waals surface area contributed by atoms with Crippen LogP contribution < -0.4 is 0 Å². The summed E-state index contributed by atoms with van der Waals surface area (Å²) >= 11 is 0. The molecule has 1 amide bonds. The Labute approximate surface area is 132 Å². The van der Waals surface area contributed by atoms with Gasteiger partial charge in [-0.15, -0.1) is 0 Å². The van der Waals surface area contributed by atoms with E-state index in [0.29, 0.717) is 18.5 Å². The van der Waals surface area contributed by atoms with Crippen LogP contribution in [0, 0.1) is 5.41 Å². The summed E-state index contributed by atoms with van der Waals surface area (Å²) in [4.78, 5) is 25.7. The number of carboxylic acid groups (broad SMARTS) is 1. The molecule has 1 aliphatic heterocycles. The summed E-state index contributed by atoms with van der Waals surface area (Å²) in [6, 6.07) is 7.65. The Morgan fingerprint density at radius 3 is 2.27 bits per heavy atom. The third-order valence-electron chi connectivity index (χ3n) is 4.50.